The first-order valence-electron chi connectivity index (χ1n) is 11.0. The fourth-order valence-electron chi connectivity index (χ4n) is 3.83. The van der Waals surface area contributed by atoms with Crippen molar-refractivity contribution in [2.75, 3.05) is 18.9 Å². The number of hydrogen-bond donors (Lipinski definition) is 1. The summed E-state index contributed by atoms with van der Waals surface area (Å²) in [6.45, 7) is 5.86. The molecule has 164 valence electrons. The first-order valence-corrected chi connectivity index (χ1v) is 12.0. The molecular weight excluding hydrogens is 398 g/mol. The van der Waals surface area contributed by atoms with Gasteiger partial charge in [-0.05, 0) is 51.2 Å². The zero-order valence-electron chi connectivity index (χ0n) is 18.1. The number of aromatic nitrogens is 2. The molecule has 1 amide bonds. The van der Waals surface area contributed by atoms with E-state index in [0.29, 0.717) is 35.1 Å². The minimum absolute atomic E-state index is 0.00247. The molecule has 0 bridgehead atoms. The van der Waals surface area contributed by atoms with Crippen LogP contribution < -0.4 is 10.9 Å². The molecule has 1 aromatic heterocycles. The number of nitrogens with zero attached hydrogens (tertiary/aromatic N) is 2. The van der Waals surface area contributed by atoms with Crippen molar-refractivity contribution in [3.63, 3.8) is 0 Å². The van der Waals surface area contributed by atoms with Crippen LogP contribution in [0.1, 0.15) is 52.4 Å². The molecule has 1 fully saturated rings. The molecule has 0 radical (unpaired) electrons. The van der Waals surface area contributed by atoms with Gasteiger partial charge in [0.15, 0.2) is 5.16 Å². The van der Waals surface area contributed by atoms with E-state index in [-0.39, 0.29) is 23.3 Å². The number of benzene rings is 1. The van der Waals surface area contributed by atoms with Gasteiger partial charge in [0.2, 0.25) is 5.91 Å². The summed E-state index contributed by atoms with van der Waals surface area (Å²) in [6, 6.07) is 7.37. The van der Waals surface area contributed by atoms with Crippen molar-refractivity contribution in [3.8, 4) is 0 Å². The predicted octanol–water partition coefficient (Wildman–Crippen LogP) is 4.00. The van der Waals surface area contributed by atoms with Gasteiger partial charge in [0.05, 0.1) is 22.8 Å². The van der Waals surface area contributed by atoms with E-state index in [1.165, 1.54) is 43.9 Å². The number of nitrogens with one attached hydrogen (secondary N) is 1. The van der Waals surface area contributed by atoms with E-state index >= 15 is 0 Å². The lowest BCUT2D eigenvalue weighted by atomic mass is 9.89. The van der Waals surface area contributed by atoms with Crippen LogP contribution in [0.25, 0.3) is 10.9 Å². The first-order chi connectivity index (χ1) is 14.5. The van der Waals surface area contributed by atoms with E-state index in [9.17, 15) is 9.59 Å². The largest absolute Gasteiger partial charge is 0.379 e. The third kappa shape index (κ3) is 6.57. The minimum Gasteiger partial charge on any atom is -0.379 e. The molecule has 0 unspecified atom stereocenters. The Labute approximate surface area is 182 Å². The van der Waals surface area contributed by atoms with Gasteiger partial charge in [0.1, 0.15) is 0 Å². The summed E-state index contributed by atoms with van der Waals surface area (Å²) in [6.07, 6.45) is 7.15. The Hall–Kier alpha value is -1.86. The molecule has 0 spiro atoms. The molecule has 6 nitrogen and oxygen atoms in total. The van der Waals surface area contributed by atoms with Crippen LogP contribution in [-0.4, -0.2) is 40.5 Å². The number of rotatable bonds is 10. The molecule has 1 N–H and O–H groups in total. The van der Waals surface area contributed by atoms with E-state index in [1.54, 1.807) is 10.6 Å². The summed E-state index contributed by atoms with van der Waals surface area (Å²) in [7, 11) is 0. The molecule has 1 aliphatic rings. The first kappa shape index (κ1) is 22.8. The van der Waals surface area contributed by atoms with E-state index < -0.39 is 0 Å². The van der Waals surface area contributed by atoms with Crippen molar-refractivity contribution in [2.45, 2.75) is 70.2 Å². The molecular formula is C23H33N3O3S. The van der Waals surface area contributed by atoms with Crippen LogP contribution in [0.2, 0.25) is 0 Å². The fourth-order valence-corrected chi connectivity index (χ4v) is 4.68. The van der Waals surface area contributed by atoms with Gasteiger partial charge in [-0.2, -0.15) is 0 Å². The summed E-state index contributed by atoms with van der Waals surface area (Å²) < 4.78 is 7.30. The van der Waals surface area contributed by atoms with Crippen molar-refractivity contribution in [1.82, 2.24) is 14.9 Å². The van der Waals surface area contributed by atoms with Crippen LogP contribution in [-0.2, 0) is 16.1 Å². The standard InChI is InChI=1S/C23H33N3O3S/c1-17(2)29-14-8-13-26-22(28)19-11-6-7-12-20(19)25-23(26)30-16-21(27)24-15-18-9-4-3-5-10-18/h6-7,11-12,17-18H,3-5,8-10,13-16H2,1-2H3,(H,24,27). The Morgan fingerprint density at radius 1 is 1.27 bits per heavy atom. The quantitative estimate of drug-likeness (QED) is 0.350. The predicted molar refractivity (Wildman–Crippen MR) is 122 cm³/mol. The van der Waals surface area contributed by atoms with Gasteiger partial charge in [-0.15, -0.1) is 0 Å². The summed E-state index contributed by atoms with van der Waals surface area (Å²) in [5.41, 5.74) is 0.609. The molecule has 0 aliphatic heterocycles. The molecule has 7 heteroatoms. The van der Waals surface area contributed by atoms with Crippen molar-refractivity contribution in [2.24, 2.45) is 5.92 Å². The van der Waals surface area contributed by atoms with Crippen molar-refractivity contribution >= 4 is 28.6 Å². The van der Waals surface area contributed by atoms with Crippen molar-refractivity contribution in [3.05, 3.63) is 34.6 Å². The maximum absolute atomic E-state index is 13.0. The molecule has 3 rings (SSSR count). The number of hydrogen-bond acceptors (Lipinski definition) is 5. The Bertz CT molecular complexity index is 891. The number of carbonyl (C=O) groups excluding carboxylic acids is 1. The highest BCUT2D eigenvalue weighted by molar-refractivity contribution is 7.99. The van der Waals surface area contributed by atoms with Crippen LogP contribution in [0.5, 0.6) is 0 Å². The van der Waals surface area contributed by atoms with E-state index in [4.69, 9.17) is 4.74 Å². The number of fused-ring (bicyclic) bond motifs is 1. The lowest BCUT2D eigenvalue weighted by Gasteiger charge is -2.21. The zero-order valence-corrected chi connectivity index (χ0v) is 18.9. The Morgan fingerprint density at radius 3 is 2.80 bits per heavy atom. The van der Waals surface area contributed by atoms with Gasteiger partial charge in [-0.3, -0.25) is 14.2 Å². The average molecular weight is 432 g/mol. The molecule has 1 saturated carbocycles. The van der Waals surface area contributed by atoms with E-state index in [1.807, 2.05) is 32.0 Å². The second kappa shape index (κ2) is 11.5. The molecule has 0 saturated heterocycles. The number of para-hydroxylation sites is 1. The fraction of sp³-hybridized carbons (Fsp3) is 0.609. The summed E-state index contributed by atoms with van der Waals surface area (Å²) in [4.78, 5) is 30.1. The van der Waals surface area contributed by atoms with Crippen LogP contribution in [0, 0.1) is 5.92 Å². The van der Waals surface area contributed by atoms with Gasteiger partial charge < -0.3 is 10.1 Å². The number of thioether (sulfide) groups is 1. The SMILES string of the molecule is CC(C)OCCCn1c(SCC(=O)NCC2CCCCC2)nc2ccccc2c1=O. The molecule has 0 atom stereocenters. The third-order valence-corrected chi connectivity index (χ3v) is 6.43. The lowest BCUT2D eigenvalue weighted by molar-refractivity contribution is -0.118. The molecule has 1 aromatic carbocycles. The van der Waals surface area contributed by atoms with E-state index in [2.05, 4.69) is 10.3 Å². The maximum atomic E-state index is 13.0. The third-order valence-electron chi connectivity index (χ3n) is 5.45. The second-order valence-corrected chi connectivity index (χ2v) is 9.18. The van der Waals surface area contributed by atoms with Gasteiger partial charge >= 0.3 is 0 Å². The van der Waals surface area contributed by atoms with Gasteiger partial charge in [-0.25, -0.2) is 4.98 Å². The van der Waals surface area contributed by atoms with E-state index in [0.717, 1.165) is 13.0 Å². The van der Waals surface area contributed by atoms with Crippen LogP contribution in [0.4, 0.5) is 0 Å². The number of amides is 1. The summed E-state index contributed by atoms with van der Waals surface area (Å²) in [5.74, 6) is 0.869. The smallest absolute Gasteiger partial charge is 0.262 e. The Morgan fingerprint density at radius 2 is 2.03 bits per heavy atom. The molecule has 1 heterocycles. The molecule has 30 heavy (non-hydrogen) atoms. The summed E-state index contributed by atoms with van der Waals surface area (Å²) in [5, 5.41) is 4.26. The highest BCUT2D eigenvalue weighted by Crippen LogP contribution is 2.23. The van der Waals surface area contributed by atoms with Gasteiger partial charge in [0.25, 0.3) is 5.56 Å². The van der Waals surface area contributed by atoms with Gasteiger partial charge in [0, 0.05) is 19.7 Å². The van der Waals surface area contributed by atoms with Crippen LogP contribution >= 0.6 is 11.8 Å². The van der Waals surface area contributed by atoms with Crippen molar-refractivity contribution in [1.29, 1.82) is 0 Å². The maximum Gasteiger partial charge on any atom is 0.262 e. The van der Waals surface area contributed by atoms with Gasteiger partial charge in [-0.1, -0.05) is 43.2 Å². The zero-order chi connectivity index (χ0) is 21.3. The molecule has 2 aromatic rings. The van der Waals surface area contributed by atoms with Crippen molar-refractivity contribution < 1.29 is 9.53 Å². The number of carbonyl (C=O) groups is 1. The highest BCUT2D eigenvalue weighted by atomic mass is 32.2. The molecule has 1 aliphatic carbocycles. The lowest BCUT2D eigenvalue weighted by Crippen LogP contribution is -2.32. The second-order valence-electron chi connectivity index (χ2n) is 8.24. The number of ether oxygens (including phenoxy) is 1. The average Bonchev–Trinajstić information content (AvgIpc) is 2.75. The Kier molecular flexibility index (Phi) is 8.75. The highest BCUT2D eigenvalue weighted by Gasteiger charge is 2.16. The normalized spacial score (nSPS) is 15.0. The van der Waals surface area contributed by atoms with Crippen LogP contribution in [0.15, 0.2) is 34.2 Å². The Balaban J connectivity index is 1.65. The monoisotopic (exact) mass is 431 g/mol. The van der Waals surface area contributed by atoms with Crippen LogP contribution in [0.3, 0.4) is 0 Å². The summed E-state index contributed by atoms with van der Waals surface area (Å²) >= 11 is 1.33. The topological polar surface area (TPSA) is 73.2 Å². The minimum atomic E-state index is -0.0599.